The SMILES string of the molecule is CCCN(C)S(=O)(=O)c1cc(N)c(Br)cc1C. The lowest BCUT2D eigenvalue weighted by Crippen LogP contribution is -2.28. The van der Waals surface area contributed by atoms with Gasteiger partial charge in [0.1, 0.15) is 0 Å². The van der Waals surface area contributed by atoms with Crippen LogP contribution in [0.15, 0.2) is 21.5 Å². The van der Waals surface area contributed by atoms with Crippen molar-refractivity contribution >= 4 is 31.6 Å². The fraction of sp³-hybridized carbons (Fsp3) is 0.455. The summed E-state index contributed by atoms with van der Waals surface area (Å²) < 4.78 is 26.6. The van der Waals surface area contributed by atoms with E-state index < -0.39 is 10.0 Å². The van der Waals surface area contributed by atoms with Gasteiger partial charge in [-0.3, -0.25) is 0 Å². The van der Waals surface area contributed by atoms with Crippen molar-refractivity contribution in [2.45, 2.75) is 25.2 Å². The molecule has 6 heteroatoms. The second-order valence-electron chi connectivity index (χ2n) is 3.97. The van der Waals surface area contributed by atoms with Crippen LogP contribution in [0.25, 0.3) is 0 Å². The van der Waals surface area contributed by atoms with Crippen LogP contribution in [0.3, 0.4) is 0 Å². The third-order valence-electron chi connectivity index (χ3n) is 2.52. The molecule has 96 valence electrons. The second-order valence-corrected chi connectivity index (χ2v) is 6.83. The zero-order valence-electron chi connectivity index (χ0n) is 10.2. The van der Waals surface area contributed by atoms with E-state index >= 15 is 0 Å². The molecule has 17 heavy (non-hydrogen) atoms. The van der Waals surface area contributed by atoms with Gasteiger partial charge in [-0.05, 0) is 47.0 Å². The minimum atomic E-state index is -3.44. The first-order chi connectivity index (χ1) is 7.80. The third-order valence-corrected chi connectivity index (χ3v) is 5.21. The molecule has 4 nitrogen and oxygen atoms in total. The lowest BCUT2D eigenvalue weighted by Gasteiger charge is -2.18. The standard InChI is InChI=1S/C11H17BrN2O2S/c1-4-5-14(3)17(15,16)11-7-10(13)9(12)6-8(11)2/h6-7H,4-5,13H2,1-3H3. The van der Waals surface area contributed by atoms with Crippen molar-refractivity contribution in [3.8, 4) is 0 Å². The Bertz CT molecular complexity index is 514. The Labute approximate surface area is 111 Å². The highest BCUT2D eigenvalue weighted by Crippen LogP contribution is 2.28. The predicted octanol–water partition coefficient (Wildman–Crippen LogP) is 2.37. The Morgan fingerprint density at radius 3 is 2.53 bits per heavy atom. The molecule has 0 aliphatic rings. The van der Waals surface area contributed by atoms with Crippen LogP contribution < -0.4 is 5.73 Å². The molecule has 1 aromatic carbocycles. The largest absolute Gasteiger partial charge is 0.398 e. The molecule has 0 radical (unpaired) electrons. The number of rotatable bonds is 4. The van der Waals surface area contributed by atoms with Crippen LogP contribution in [0.5, 0.6) is 0 Å². The van der Waals surface area contributed by atoms with Crippen LogP contribution in [-0.4, -0.2) is 26.3 Å². The molecule has 0 aliphatic carbocycles. The van der Waals surface area contributed by atoms with Crippen LogP contribution in [0, 0.1) is 6.92 Å². The Balaban J connectivity index is 3.29. The summed E-state index contributed by atoms with van der Waals surface area (Å²) in [7, 11) is -1.86. The number of benzene rings is 1. The lowest BCUT2D eigenvalue weighted by molar-refractivity contribution is 0.468. The molecule has 1 aromatic rings. The summed E-state index contributed by atoms with van der Waals surface area (Å²) in [4.78, 5) is 0.272. The van der Waals surface area contributed by atoms with Crippen molar-refractivity contribution in [1.29, 1.82) is 0 Å². The molecule has 0 heterocycles. The summed E-state index contributed by atoms with van der Waals surface area (Å²) in [6, 6.07) is 3.23. The van der Waals surface area contributed by atoms with Gasteiger partial charge in [-0.1, -0.05) is 6.92 Å². The molecule has 0 atom stereocenters. The van der Waals surface area contributed by atoms with Gasteiger partial charge in [0, 0.05) is 23.8 Å². The third kappa shape index (κ3) is 3.00. The van der Waals surface area contributed by atoms with E-state index in [9.17, 15) is 8.42 Å². The van der Waals surface area contributed by atoms with E-state index in [2.05, 4.69) is 15.9 Å². The molecule has 0 saturated carbocycles. The van der Waals surface area contributed by atoms with Gasteiger partial charge in [0.15, 0.2) is 0 Å². The molecule has 0 aromatic heterocycles. The first-order valence-corrected chi connectivity index (χ1v) is 7.56. The first-order valence-electron chi connectivity index (χ1n) is 5.32. The minimum Gasteiger partial charge on any atom is -0.398 e. The zero-order valence-corrected chi connectivity index (χ0v) is 12.6. The maximum Gasteiger partial charge on any atom is 0.243 e. The van der Waals surface area contributed by atoms with Crippen molar-refractivity contribution in [2.24, 2.45) is 0 Å². The molecule has 0 fully saturated rings. The van der Waals surface area contributed by atoms with E-state index in [1.807, 2.05) is 6.92 Å². The zero-order chi connectivity index (χ0) is 13.2. The molecule has 0 aliphatic heterocycles. The summed E-state index contributed by atoms with van der Waals surface area (Å²) >= 11 is 3.28. The van der Waals surface area contributed by atoms with Gasteiger partial charge in [-0.15, -0.1) is 0 Å². The molecule has 0 amide bonds. The monoisotopic (exact) mass is 320 g/mol. The highest BCUT2D eigenvalue weighted by Gasteiger charge is 2.22. The van der Waals surface area contributed by atoms with Crippen molar-refractivity contribution in [2.75, 3.05) is 19.3 Å². The predicted molar refractivity (Wildman–Crippen MR) is 73.4 cm³/mol. The Kier molecular flexibility index (Phi) is 4.57. The van der Waals surface area contributed by atoms with Crippen molar-refractivity contribution < 1.29 is 8.42 Å². The first kappa shape index (κ1) is 14.5. The molecular weight excluding hydrogens is 304 g/mol. The highest BCUT2D eigenvalue weighted by atomic mass is 79.9. The number of hydrogen-bond donors (Lipinski definition) is 1. The smallest absolute Gasteiger partial charge is 0.243 e. The number of aryl methyl sites for hydroxylation is 1. The van der Waals surface area contributed by atoms with E-state index in [0.717, 1.165) is 6.42 Å². The van der Waals surface area contributed by atoms with Crippen LogP contribution in [0.2, 0.25) is 0 Å². The van der Waals surface area contributed by atoms with Gasteiger partial charge in [-0.2, -0.15) is 0 Å². The van der Waals surface area contributed by atoms with Gasteiger partial charge in [0.05, 0.1) is 4.90 Å². The summed E-state index contributed by atoms with van der Waals surface area (Å²) in [5.74, 6) is 0. The van der Waals surface area contributed by atoms with Crippen LogP contribution in [-0.2, 0) is 10.0 Å². The summed E-state index contributed by atoms with van der Waals surface area (Å²) in [5.41, 5.74) is 6.85. The summed E-state index contributed by atoms with van der Waals surface area (Å²) in [6.45, 7) is 4.20. The summed E-state index contributed by atoms with van der Waals surface area (Å²) in [6.07, 6.45) is 0.779. The maximum atomic E-state index is 12.3. The Morgan fingerprint density at radius 2 is 2.00 bits per heavy atom. The van der Waals surface area contributed by atoms with Crippen LogP contribution in [0.4, 0.5) is 5.69 Å². The molecule has 0 spiro atoms. The highest BCUT2D eigenvalue weighted by molar-refractivity contribution is 9.10. The Hall–Kier alpha value is -0.590. The number of anilines is 1. The average Bonchev–Trinajstić information content (AvgIpc) is 2.23. The minimum absolute atomic E-state index is 0.272. The van der Waals surface area contributed by atoms with E-state index in [4.69, 9.17) is 5.73 Å². The van der Waals surface area contributed by atoms with Crippen molar-refractivity contribution in [3.05, 3.63) is 22.2 Å². The molecule has 2 N–H and O–H groups in total. The number of nitrogen functional groups attached to an aromatic ring is 1. The van der Waals surface area contributed by atoms with Crippen LogP contribution in [0.1, 0.15) is 18.9 Å². The maximum absolute atomic E-state index is 12.3. The number of nitrogens with two attached hydrogens (primary N) is 1. The van der Waals surface area contributed by atoms with Gasteiger partial charge in [0.2, 0.25) is 10.0 Å². The molecule has 0 bridgehead atoms. The van der Waals surface area contributed by atoms with Gasteiger partial charge >= 0.3 is 0 Å². The van der Waals surface area contributed by atoms with E-state index in [1.54, 1.807) is 20.0 Å². The number of hydrogen-bond acceptors (Lipinski definition) is 3. The average molecular weight is 321 g/mol. The fourth-order valence-corrected chi connectivity index (χ4v) is 3.51. The fourth-order valence-electron chi connectivity index (χ4n) is 1.55. The number of nitrogens with zero attached hydrogens (tertiary/aromatic N) is 1. The van der Waals surface area contributed by atoms with E-state index in [1.165, 1.54) is 10.4 Å². The van der Waals surface area contributed by atoms with Crippen molar-refractivity contribution in [1.82, 2.24) is 4.31 Å². The van der Waals surface area contributed by atoms with Crippen molar-refractivity contribution in [3.63, 3.8) is 0 Å². The van der Waals surface area contributed by atoms with Gasteiger partial charge in [0.25, 0.3) is 0 Å². The lowest BCUT2D eigenvalue weighted by atomic mass is 10.2. The molecule has 0 saturated heterocycles. The normalized spacial score (nSPS) is 12.1. The second kappa shape index (κ2) is 5.37. The quantitative estimate of drug-likeness (QED) is 0.866. The number of sulfonamides is 1. The molecule has 1 rings (SSSR count). The van der Waals surface area contributed by atoms with Gasteiger partial charge < -0.3 is 5.73 Å². The Morgan fingerprint density at radius 1 is 1.41 bits per heavy atom. The van der Waals surface area contributed by atoms with E-state index in [-0.39, 0.29) is 4.90 Å². The summed E-state index contributed by atoms with van der Waals surface area (Å²) in [5, 5.41) is 0. The topological polar surface area (TPSA) is 63.4 Å². The molecule has 0 unspecified atom stereocenters. The van der Waals surface area contributed by atoms with Crippen LogP contribution >= 0.6 is 15.9 Å². The number of halogens is 1. The van der Waals surface area contributed by atoms with E-state index in [0.29, 0.717) is 22.3 Å². The molecular formula is C11H17BrN2O2S. The van der Waals surface area contributed by atoms with Gasteiger partial charge in [-0.25, -0.2) is 12.7 Å².